The molecule has 0 fully saturated rings. The molecule has 0 saturated heterocycles. The summed E-state index contributed by atoms with van der Waals surface area (Å²) in [5, 5.41) is 0.866. The number of rotatable bonds is 4. The number of benzene rings is 3. The number of hydrogen-bond donors (Lipinski definition) is 0. The normalized spacial score (nSPS) is 11.7. The molecule has 164 valence electrons. The van der Waals surface area contributed by atoms with E-state index < -0.39 is 26.7 Å². The standard InChI is InChI=1S/C23H13FN2O5S2/c24-15-5-7-16(8-6-15)33(29,30)26(22(27)14-9-11-25-12-10-14)19-13-20-21(31-23(28)32-20)18-4-2-1-3-17(18)19/h1-13H. The molecule has 0 radical (unpaired) electrons. The molecule has 2 heterocycles. The van der Waals surface area contributed by atoms with Crippen molar-refractivity contribution in [2.45, 2.75) is 4.90 Å². The minimum atomic E-state index is -4.48. The minimum Gasteiger partial charge on any atom is -0.413 e. The Hall–Kier alpha value is -3.89. The molecule has 0 aliphatic heterocycles. The Morgan fingerprint density at radius 3 is 2.33 bits per heavy atom. The molecule has 0 unspecified atom stereocenters. The molecule has 0 aliphatic carbocycles. The number of sulfonamides is 1. The predicted octanol–water partition coefficient (Wildman–Crippen LogP) is 4.58. The van der Waals surface area contributed by atoms with E-state index in [2.05, 4.69) is 4.98 Å². The van der Waals surface area contributed by atoms with Gasteiger partial charge in [-0.05, 0) is 42.5 Å². The minimum absolute atomic E-state index is 0.0429. The van der Waals surface area contributed by atoms with Gasteiger partial charge in [-0.1, -0.05) is 35.6 Å². The van der Waals surface area contributed by atoms with Crippen molar-refractivity contribution >= 4 is 54.0 Å². The van der Waals surface area contributed by atoms with E-state index >= 15 is 0 Å². The van der Waals surface area contributed by atoms with Gasteiger partial charge in [0.1, 0.15) is 5.82 Å². The van der Waals surface area contributed by atoms with Gasteiger partial charge < -0.3 is 4.42 Å². The topological polar surface area (TPSA) is 97.6 Å². The Balaban J connectivity index is 1.85. The SMILES string of the molecule is O=C(c1ccncc1)N(c1cc2sc(=O)oc2c2ccccc12)S(=O)(=O)c1ccc(F)cc1. The summed E-state index contributed by atoms with van der Waals surface area (Å²) >= 11 is 0.800. The maximum Gasteiger partial charge on any atom is 0.396 e. The van der Waals surface area contributed by atoms with E-state index in [1.807, 2.05) is 0 Å². The quantitative estimate of drug-likeness (QED) is 0.374. The first kappa shape index (κ1) is 21.0. The van der Waals surface area contributed by atoms with Crippen LogP contribution in [0.25, 0.3) is 21.1 Å². The van der Waals surface area contributed by atoms with Crippen LogP contribution in [0.4, 0.5) is 10.1 Å². The van der Waals surface area contributed by atoms with Gasteiger partial charge in [0.25, 0.3) is 15.9 Å². The molecule has 0 N–H and O–H groups in total. The molecule has 0 bridgehead atoms. The van der Waals surface area contributed by atoms with Crippen LogP contribution in [0.15, 0.2) is 93.2 Å². The Morgan fingerprint density at radius 1 is 0.970 bits per heavy atom. The van der Waals surface area contributed by atoms with Gasteiger partial charge in [-0.15, -0.1) is 0 Å². The summed E-state index contributed by atoms with van der Waals surface area (Å²) in [6.45, 7) is 0. The number of anilines is 1. The number of aromatic nitrogens is 1. The summed E-state index contributed by atoms with van der Waals surface area (Å²) in [5.41, 5.74) is 0.432. The lowest BCUT2D eigenvalue weighted by Gasteiger charge is -2.24. The number of pyridine rings is 1. The van der Waals surface area contributed by atoms with Gasteiger partial charge >= 0.3 is 4.94 Å². The van der Waals surface area contributed by atoms with Crippen LogP contribution in [0.3, 0.4) is 0 Å². The molecule has 0 aliphatic rings. The van der Waals surface area contributed by atoms with Gasteiger partial charge in [0.05, 0.1) is 15.3 Å². The van der Waals surface area contributed by atoms with Crippen molar-refractivity contribution < 1.29 is 22.0 Å². The summed E-state index contributed by atoms with van der Waals surface area (Å²) in [5.74, 6) is -1.45. The lowest BCUT2D eigenvalue weighted by molar-refractivity contribution is 0.101. The van der Waals surface area contributed by atoms with Crippen LogP contribution in [0.5, 0.6) is 0 Å². The van der Waals surface area contributed by atoms with Crippen molar-refractivity contribution in [2.75, 3.05) is 4.31 Å². The largest absolute Gasteiger partial charge is 0.413 e. The average Bonchev–Trinajstić information content (AvgIpc) is 3.20. The van der Waals surface area contributed by atoms with Gasteiger partial charge in [0.15, 0.2) is 5.58 Å². The van der Waals surface area contributed by atoms with Crippen molar-refractivity contribution in [3.8, 4) is 0 Å². The van der Waals surface area contributed by atoms with Crippen molar-refractivity contribution in [1.82, 2.24) is 4.98 Å². The summed E-state index contributed by atoms with van der Waals surface area (Å²) in [6, 6.07) is 15.1. The molecule has 3 aromatic carbocycles. The second-order valence-electron chi connectivity index (χ2n) is 6.99. The monoisotopic (exact) mass is 480 g/mol. The predicted molar refractivity (Wildman–Crippen MR) is 122 cm³/mol. The van der Waals surface area contributed by atoms with E-state index in [9.17, 15) is 22.4 Å². The fourth-order valence-corrected chi connectivity index (χ4v) is 5.66. The molecule has 33 heavy (non-hydrogen) atoms. The zero-order chi connectivity index (χ0) is 23.2. The molecule has 10 heteroatoms. The highest BCUT2D eigenvalue weighted by Gasteiger charge is 2.34. The lowest BCUT2D eigenvalue weighted by Crippen LogP contribution is -2.37. The van der Waals surface area contributed by atoms with E-state index in [4.69, 9.17) is 4.42 Å². The second kappa shape index (κ2) is 7.91. The third-order valence-electron chi connectivity index (χ3n) is 5.00. The molecular formula is C23H13FN2O5S2. The number of fused-ring (bicyclic) bond motifs is 3. The fraction of sp³-hybridized carbons (Fsp3) is 0. The van der Waals surface area contributed by atoms with Gasteiger partial charge in [0.2, 0.25) is 0 Å². The first-order valence-corrected chi connectivity index (χ1v) is 11.8. The third kappa shape index (κ3) is 3.59. The number of nitrogens with zero attached hydrogens (tertiary/aromatic N) is 2. The number of amides is 1. The maximum absolute atomic E-state index is 13.7. The van der Waals surface area contributed by atoms with Crippen LogP contribution in [-0.2, 0) is 10.0 Å². The lowest BCUT2D eigenvalue weighted by atomic mass is 10.1. The van der Waals surface area contributed by atoms with Crippen LogP contribution >= 0.6 is 11.3 Å². The zero-order valence-electron chi connectivity index (χ0n) is 16.6. The second-order valence-corrected chi connectivity index (χ2v) is 9.75. The van der Waals surface area contributed by atoms with Gasteiger partial charge in [-0.3, -0.25) is 9.78 Å². The van der Waals surface area contributed by atoms with Crippen LogP contribution in [0.2, 0.25) is 0 Å². The van der Waals surface area contributed by atoms with E-state index in [-0.39, 0.29) is 16.1 Å². The molecule has 0 atom stereocenters. The highest BCUT2D eigenvalue weighted by atomic mass is 32.2. The molecule has 0 spiro atoms. The Kier molecular flexibility index (Phi) is 5.03. The van der Waals surface area contributed by atoms with E-state index in [0.29, 0.717) is 25.4 Å². The smallest absolute Gasteiger partial charge is 0.396 e. The first-order valence-electron chi connectivity index (χ1n) is 9.57. The van der Waals surface area contributed by atoms with Crippen LogP contribution < -0.4 is 9.24 Å². The fourth-order valence-electron chi connectivity index (χ4n) is 3.52. The molecule has 2 aromatic heterocycles. The molecule has 0 saturated carbocycles. The van der Waals surface area contributed by atoms with Crippen molar-refractivity contribution in [3.05, 3.63) is 100 Å². The summed E-state index contributed by atoms with van der Waals surface area (Å²) in [4.78, 5) is 28.6. The highest BCUT2D eigenvalue weighted by molar-refractivity contribution is 7.93. The van der Waals surface area contributed by atoms with Crippen LogP contribution in [0.1, 0.15) is 10.4 Å². The van der Waals surface area contributed by atoms with E-state index in [1.165, 1.54) is 30.6 Å². The highest BCUT2D eigenvalue weighted by Crippen LogP contribution is 2.38. The molecule has 7 nitrogen and oxygen atoms in total. The van der Waals surface area contributed by atoms with E-state index in [1.54, 1.807) is 24.3 Å². The Bertz CT molecular complexity index is 1680. The van der Waals surface area contributed by atoms with Crippen molar-refractivity contribution in [3.63, 3.8) is 0 Å². The molecule has 5 aromatic rings. The van der Waals surface area contributed by atoms with Crippen molar-refractivity contribution in [2.24, 2.45) is 0 Å². The molecule has 1 amide bonds. The van der Waals surface area contributed by atoms with Crippen molar-refractivity contribution in [1.29, 1.82) is 0 Å². The number of carbonyl (C=O) groups excluding carboxylic acids is 1. The third-order valence-corrected chi connectivity index (χ3v) is 7.48. The summed E-state index contributed by atoms with van der Waals surface area (Å²) in [7, 11) is -4.48. The number of halogens is 1. The summed E-state index contributed by atoms with van der Waals surface area (Å²) < 4.78 is 47.3. The number of carbonyl (C=O) groups is 1. The van der Waals surface area contributed by atoms with Gasteiger partial charge in [0, 0.05) is 28.7 Å². The molecule has 5 rings (SSSR count). The van der Waals surface area contributed by atoms with Gasteiger partial charge in [-0.25, -0.2) is 17.6 Å². The van der Waals surface area contributed by atoms with E-state index in [0.717, 1.165) is 35.6 Å². The first-order chi connectivity index (χ1) is 15.9. The Labute approximate surface area is 190 Å². The van der Waals surface area contributed by atoms with Crippen LogP contribution in [-0.4, -0.2) is 19.3 Å². The Morgan fingerprint density at radius 2 is 1.64 bits per heavy atom. The summed E-state index contributed by atoms with van der Waals surface area (Å²) in [6.07, 6.45) is 2.75. The maximum atomic E-state index is 13.7. The molecular weight excluding hydrogens is 467 g/mol. The zero-order valence-corrected chi connectivity index (χ0v) is 18.3. The number of hydrogen-bond acceptors (Lipinski definition) is 7. The van der Waals surface area contributed by atoms with Crippen LogP contribution in [0, 0.1) is 5.82 Å². The average molecular weight is 480 g/mol. The van der Waals surface area contributed by atoms with Gasteiger partial charge in [-0.2, -0.15) is 4.31 Å².